The summed E-state index contributed by atoms with van der Waals surface area (Å²) in [7, 11) is 0. The average molecular weight is 308 g/mol. The normalized spacial score (nSPS) is 20.1. The fourth-order valence-electron chi connectivity index (χ4n) is 2.87. The lowest BCUT2D eigenvalue weighted by molar-refractivity contribution is 0.142. The molecule has 2 heterocycles. The molecule has 0 spiro atoms. The predicted octanol–water partition coefficient (Wildman–Crippen LogP) is 4.11. The smallest absolute Gasteiger partial charge is 0.180 e. The van der Waals surface area contributed by atoms with Gasteiger partial charge < -0.3 is 5.73 Å². The average Bonchev–Trinajstić information content (AvgIpc) is 2.85. The zero-order valence-corrected chi connectivity index (χ0v) is 12.8. The lowest BCUT2D eigenvalue weighted by Gasteiger charge is -2.35. The van der Waals surface area contributed by atoms with Gasteiger partial charge in [-0.2, -0.15) is 0 Å². The van der Waals surface area contributed by atoms with E-state index in [0.717, 1.165) is 18.1 Å². The third kappa shape index (κ3) is 3.14. The number of anilines is 1. The molecule has 0 saturated carbocycles. The van der Waals surface area contributed by atoms with Crippen molar-refractivity contribution in [2.75, 3.05) is 12.3 Å². The van der Waals surface area contributed by atoms with Crippen molar-refractivity contribution in [2.45, 2.75) is 31.8 Å². The summed E-state index contributed by atoms with van der Waals surface area (Å²) in [4.78, 5) is 7.89. The Labute approximate surface area is 128 Å². The van der Waals surface area contributed by atoms with Gasteiger partial charge in [-0.1, -0.05) is 30.2 Å². The van der Waals surface area contributed by atoms with Gasteiger partial charge in [-0.05, 0) is 37.1 Å². The molecule has 3 nitrogen and oxygen atoms in total. The first-order valence-corrected chi connectivity index (χ1v) is 8.11. The summed E-state index contributed by atoms with van der Waals surface area (Å²) in [6, 6.07) is 8.68. The van der Waals surface area contributed by atoms with Gasteiger partial charge in [-0.25, -0.2) is 4.98 Å². The van der Waals surface area contributed by atoms with E-state index in [4.69, 9.17) is 17.3 Å². The first-order valence-electron chi connectivity index (χ1n) is 6.92. The fourth-order valence-corrected chi connectivity index (χ4v) is 3.78. The van der Waals surface area contributed by atoms with E-state index in [1.54, 1.807) is 11.3 Å². The summed E-state index contributed by atoms with van der Waals surface area (Å²) in [6.45, 7) is 2.04. The molecule has 1 aromatic heterocycles. The van der Waals surface area contributed by atoms with Crippen LogP contribution in [0.5, 0.6) is 0 Å². The van der Waals surface area contributed by atoms with E-state index in [0.29, 0.717) is 11.2 Å². The number of piperidine rings is 1. The molecule has 2 aromatic rings. The second-order valence-corrected chi connectivity index (χ2v) is 6.79. The third-order valence-corrected chi connectivity index (χ3v) is 4.82. The van der Waals surface area contributed by atoms with Crippen molar-refractivity contribution in [3.63, 3.8) is 0 Å². The molecular weight excluding hydrogens is 290 g/mol. The highest BCUT2D eigenvalue weighted by molar-refractivity contribution is 7.15. The monoisotopic (exact) mass is 307 g/mol. The second-order valence-electron chi connectivity index (χ2n) is 5.20. The zero-order valence-electron chi connectivity index (χ0n) is 11.3. The maximum Gasteiger partial charge on any atom is 0.180 e. The van der Waals surface area contributed by atoms with Gasteiger partial charge in [0.05, 0.1) is 0 Å². The molecule has 1 fully saturated rings. The summed E-state index contributed by atoms with van der Waals surface area (Å²) in [5.74, 6) is 0. The van der Waals surface area contributed by atoms with E-state index >= 15 is 0 Å². The highest BCUT2D eigenvalue weighted by Gasteiger charge is 2.24. The minimum atomic E-state index is 0.450. The highest BCUT2D eigenvalue weighted by atomic mass is 35.5. The van der Waals surface area contributed by atoms with Crippen LogP contribution >= 0.6 is 22.9 Å². The Morgan fingerprint density at radius 2 is 2.30 bits per heavy atom. The molecular formula is C15H18ClN3S. The van der Waals surface area contributed by atoms with Gasteiger partial charge in [0.15, 0.2) is 5.13 Å². The number of hydrogen-bond donors (Lipinski definition) is 1. The molecule has 20 heavy (non-hydrogen) atoms. The van der Waals surface area contributed by atoms with Crippen LogP contribution in [-0.2, 0) is 6.54 Å². The molecule has 0 bridgehead atoms. The van der Waals surface area contributed by atoms with Crippen molar-refractivity contribution in [3.05, 3.63) is 45.9 Å². The second kappa shape index (κ2) is 6.12. The van der Waals surface area contributed by atoms with Gasteiger partial charge >= 0.3 is 0 Å². The molecule has 1 atom stereocenters. The van der Waals surface area contributed by atoms with Crippen LogP contribution in [0.4, 0.5) is 5.13 Å². The van der Waals surface area contributed by atoms with E-state index in [-0.39, 0.29) is 0 Å². The molecule has 0 amide bonds. The number of nitrogen functional groups attached to an aromatic ring is 1. The van der Waals surface area contributed by atoms with E-state index in [2.05, 4.69) is 22.0 Å². The summed E-state index contributed by atoms with van der Waals surface area (Å²) in [5.41, 5.74) is 7.04. The molecule has 1 aliphatic heterocycles. The lowest BCUT2D eigenvalue weighted by atomic mass is 9.95. The van der Waals surface area contributed by atoms with E-state index in [9.17, 15) is 0 Å². The number of nitrogens with two attached hydrogens (primary N) is 1. The van der Waals surface area contributed by atoms with Crippen LogP contribution in [0.2, 0.25) is 5.02 Å². The number of rotatable bonds is 3. The Bertz CT molecular complexity index is 584. The SMILES string of the molecule is Nc1ncc(CN2CCCCC2c2cccc(Cl)c2)s1. The maximum atomic E-state index is 6.13. The van der Waals surface area contributed by atoms with Crippen molar-refractivity contribution < 1.29 is 0 Å². The fraction of sp³-hybridized carbons (Fsp3) is 0.400. The molecule has 1 saturated heterocycles. The summed E-state index contributed by atoms with van der Waals surface area (Å²) in [6.07, 6.45) is 5.61. The van der Waals surface area contributed by atoms with Crippen LogP contribution < -0.4 is 5.73 Å². The minimum Gasteiger partial charge on any atom is -0.375 e. The summed E-state index contributed by atoms with van der Waals surface area (Å²) < 4.78 is 0. The molecule has 1 unspecified atom stereocenters. The molecule has 106 valence electrons. The zero-order chi connectivity index (χ0) is 13.9. The molecule has 2 N–H and O–H groups in total. The van der Waals surface area contributed by atoms with E-state index in [1.807, 2.05) is 18.3 Å². The van der Waals surface area contributed by atoms with Gasteiger partial charge in [-0.3, -0.25) is 4.90 Å². The molecule has 1 aliphatic rings. The van der Waals surface area contributed by atoms with Crippen molar-refractivity contribution in [1.29, 1.82) is 0 Å². The van der Waals surface area contributed by atoms with Gasteiger partial charge in [0, 0.05) is 28.7 Å². The number of thiazole rings is 1. The highest BCUT2D eigenvalue weighted by Crippen LogP contribution is 2.33. The molecule has 1 aromatic carbocycles. The quantitative estimate of drug-likeness (QED) is 0.928. The number of hydrogen-bond acceptors (Lipinski definition) is 4. The molecule has 0 radical (unpaired) electrons. The van der Waals surface area contributed by atoms with Crippen LogP contribution in [0, 0.1) is 0 Å². The van der Waals surface area contributed by atoms with Crippen molar-refractivity contribution >= 4 is 28.1 Å². The van der Waals surface area contributed by atoms with Gasteiger partial charge in [-0.15, -0.1) is 11.3 Å². The Hall–Kier alpha value is -1.10. The Kier molecular flexibility index (Phi) is 4.24. The van der Waals surface area contributed by atoms with Gasteiger partial charge in [0.2, 0.25) is 0 Å². The van der Waals surface area contributed by atoms with Crippen LogP contribution in [0.25, 0.3) is 0 Å². The first-order chi connectivity index (χ1) is 9.72. The van der Waals surface area contributed by atoms with Crippen molar-refractivity contribution in [2.24, 2.45) is 0 Å². The van der Waals surface area contributed by atoms with Gasteiger partial charge in [0.25, 0.3) is 0 Å². The van der Waals surface area contributed by atoms with E-state index < -0.39 is 0 Å². The molecule has 0 aliphatic carbocycles. The Morgan fingerprint density at radius 3 is 3.05 bits per heavy atom. The van der Waals surface area contributed by atoms with Crippen molar-refractivity contribution in [1.82, 2.24) is 9.88 Å². The van der Waals surface area contributed by atoms with Crippen LogP contribution in [0.3, 0.4) is 0 Å². The number of halogens is 1. The number of likely N-dealkylation sites (tertiary alicyclic amines) is 1. The molecule has 3 rings (SSSR count). The number of aromatic nitrogens is 1. The number of benzene rings is 1. The topological polar surface area (TPSA) is 42.1 Å². The minimum absolute atomic E-state index is 0.450. The van der Waals surface area contributed by atoms with Crippen LogP contribution in [0.15, 0.2) is 30.5 Å². The number of nitrogens with zero attached hydrogens (tertiary/aromatic N) is 2. The first kappa shape index (κ1) is 13.9. The van der Waals surface area contributed by atoms with Crippen LogP contribution in [-0.4, -0.2) is 16.4 Å². The third-order valence-electron chi connectivity index (χ3n) is 3.78. The van der Waals surface area contributed by atoms with Crippen LogP contribution in [0.1, 0.15) is 35.7 Å². The Morgan fingerprint density at radius 1 is 1.40 bits per heavy atom. The Balaban J connectivity index is 1.80. The standard InChI is InChI=1S/C15H18ClN3S/c16-12-5-3-4-11(8-12)14-6-1-2-7-19(14)10-13-9-18-15(17)20-13/h3-5,8-9,14H,1-2,6-7,10H2,(H2,17,18). The van der Waals surface area contributed by atoms with Crippen molar-refractivity contribution in [3.8, 4) is 0 Å². The van der Waals surface area contributed by atoms with E-state index in [1.165, 1.54) is 29.7 Å². The predicted molar refractivity (Wildman–Crippen MR) is 85.0 cm³/mol. The largest absolute Gasteiger partial charge is 0.375 e. The summed E-state index contributed by atoms with van der Waals surface area (Å²) in [5, 5.41) is 1.46. The lowest BCUT2D eigenvalue weighted by Crippen LogP contribution is -2.32. The van der Waals surface area contributed by atoms with Gasteiger partial charge in [0.1, 0.15) is 0 Å². The maximum absolute atomic E-state index is 6.13. The molecule has 5 heteroatoms. The summed E-state index contributed by atoms with van der Waals surface area (Å²) >= 11 is 7.71.